The summed E-state index contributed by atoms with van der Waals surface area (Å²) >= 11 is 0. The molecule has 1 aromatic carbocycles. The van der Waals surface area contributed by atoms with Crippen LogP contribution in [0.2, 0.25) is 0 Å². The summed E-state index contributed by atoms with van der Waals surface area (Å²) in [6.45, 7) is -2.55. The summed E-state index contributed by atoms with van der Waals surface area (Å²) in [4.78, 5) is 23.0. The van der Waals surface area contributed by atoms with Crippen molar-refractivity contribution in [3.8, 4) is 11.5 Å². The van der Waals surface area contributed by atoms with Crippen LogP contribution >= 0.6 is 0 Å². The van der Waals surface area contributed by atoms with E-state index in [0.29, 0.717) is 0 Å². The van der Waals surface area contributed by atoms with Crippen molar-refractivity contribution < 1.29 is 58.9 Å². The Morgan fingerprint density at radius 1 is 0.933 bits per heavy atom. The second-order valence-electron chi connectivity index (χ2n) is 5.84. The van der Waals surface area contributed by atoms with E-state index in [2.05, 4.69) is 4.74 Å². The summed E-state index contributed by atoms with van der Waals surface area (Å²) in [5.41, 5.74) is 0. The van der Waals surface area contributed by atoms with Gasteiger partial charge in [-0.1, -0.05) is 12.1 Å². The molecule has 0 aromatic heterocycles. The van der Waals surface area contributed by atoms with Crippen LogP contribution < -0.4 is 9.47 Å². The van der Waals surface area contributed by atoms with Crippen molar-refractivity contribution in [3.63, 3.8) is 0 Å². The molecule has 0 atom stereocenters. The molecule has 0 spiro atoms. The maximum Gasteiger partial charge on any atom is 0.381 e. The topological polar surface area (TPSA) is 61.8 Å². The monoisotopic (exact) mass is 452 g/mol. The lowest BCUT2D eigenvalue weighted by atomic mass is 10.1. The van der Waals surface area contributed by atoms with Gasteiger partial charge >= 0.3 is 36.1 Å². The Labute approximate surface area is 164 Å². The highest BCUT2D eigenvalue weighted by Gasteiger charge is 2.75. The molecule has 0 aliphatic rings. The Balaban J connectivity index is 2.50. The third-order valence-corrected chi connectivity index (χ3v) is 3.62. The van der Waals surface area contributed by atoms with Crippen LogP contribution in [0.15, 0.2) is 24.3 Å². The molecule has 0 N–H and O–H groups in total. The molecule has 0 unspecified atom stereocenters. The van der Waals surface area contributed by atoms with Gasteiger partial charge in [-0.15, -0.1) is 0 Å². The first kappa shape index (κ1) is 25.4. The van der Waals surface area contributed by atoms with Crippen molar-refractivity contribution in [3.05, 3.63) is 24.3 Å². The van der Waals surface area contributed by atoms with Crippen LogP contribution in [0.25, 0.3) is 0 Å². The number of para-hydroxylation sites is 2. The van der Waals surface area contributed by atoms with E-state index in [1.807, 2.05) is 0 Å². The van der Waals surface area contributed by atoms with Crippen LogP contribution in [0.5, 0.6) is 11.5 Å². The molecule has 170 valence electrons. The predicted molar refractivity (Wildman–Crippen MR) is 84.3 cm³/mol. The van der Waals surface area contributed by atoms with Crippen molar-refractivity contribution in [1.82, 2.24) is 0 Å². The summed E-state index contributed by atoms with van der Waals surface area (Å²) in [6, 6.07) is 6.04. The van der Waals surface area contributed by atoms with Crippen LogP contribution in [-0.4, -0.2) is 49.8 Å². The first-order chi connectivity index (χ1) is 13.8. The lowest BCUT2D eigenvalue weighted by Crippen LogP contribution is -2.59. The SMILES string of the molecule is COc1ccccc1OC(=O)CCCC(=O)OCC(F)(F)C(F)(F)C(F)(F)C(F)F. The van der Waals surface area contributed by atoms with Crippen LogP contribution in [0.4, 0.5) is 35.1 Å². The number of carbonyl (C=O) groups is 2. The van der Waals surface area contributed by atoms with E-state index in [1.54, 1.807) is 6.07 Å². The smallest absolute Gasteiger partial charge is 0.381 e. The molecule has 0 radical (unpaired) electrons. The van der Waals surface area contributed by atoms with Crippen molar-refractivity contribution >= 4 is 11.9 Å². The molecule has 1 aromatic rings. The lowest BCUT2D eigenvalue weighted by molar-refractivity contribution is -0.344. The van der Waals surface area contributed by atoms with Gasteiger partial charge in [0.15, 0.2) is 18.1 Å². The summed E-state index contributed by atoms with van der Waals surface area (Å²) in [7, 11) is 1.32. The van der Waals surface area contributed by atoms with Crippen molar-refractivity contribution in [2.75, 3.05) is 13.7 Å². The second kappa shape index (κ2) is 9.94. The summed E-state index contributed by atoms with van der Waals surface area (Å²) < 4.78 is 116. The summed E-state index contributed by atoms with van der Waals surface area (Å²) in [6.07, 6.45) is -6.53. The van der Waals surface area contributed by atoms with Gasteiger partial charge in [-0.05, 0) is 18.6 Å². The molecule has 13 heteroatoms. The zero-order valence-corrected chi connectivity index (χ0v) is 15.3. The lowest BCUT2D eigenvalue weighted by Gasteiger charge is -2.31. The number of methoxy groups -OCH3 is 1. The van der Waals surface area contributed by atoms with Gasteiger partial charge in [-0.25, -0.2) is 8.78 Å². The molecule has 30 heavy (non-hydrogen) atoms. The Kier molecular flexibility index (Phi) is 8.43. The minimum absolute atomic E-state index is 0.0643. The molecule has 5 nitrogen and oxygen atoms in total. The van der Waals surface area contributed by atoms with Gasteiger partial charge in [0.2, 0.25) is 0 Å². The van der Waals surface area contributed by atoms with Gasteiger partial charge in [0.1, 0.15) is 0 Å². The normalized spacial score (nSPS) is 12.6. The van der Waals surface area contributed by atoms with E-state index in [4.69, 9.17) is 9.47 Å². The molecule has 0 fully saturated rings. The molecule has 0 saturated heterocycles. The van der Waals surface area contributed by atoms with E-state index in [-0.39, 0.29) is 17.9 Å². The molecular formula is C17H16F8O5. The average molecular weight is 452 g/mol. The fraction of sp³-hybridized carbons (Fsp3) is 0.529. The van der Waals surface area contributed by atoms with Gasteiger partial charge in [-0.2, -0.15) is 26.3 Å². The van der Waals surface area contributed by atoms with Gasteiger partial charge in [0, 0.05) is 12.8 Å². The Morgan fingerprint density at radius 2 is 1.47 bits per heavy atom. The zero-order chi connectivity index (χ0) is 23.2. The van der Waals surface area contributed by atoms with E-state index >= 15 is 0 Å². The minimum Gasteiger partial charge on any atom is -0.493 e. The van der Waals surface area contributed by atoms with Crippen molar-refractivity contribution in [1.29, 1.82) is 0 Å². The number of rotatable bonds is 11. The maximum atomic E-state index is 13.3. The van der Waals surface area contributed by atoms with Crippen LogP contribution in [0, 0.1) is 0 Å². The fourth-order valence-corrected chi connectivity index (χ4v) is 1.97. The quantitative estimate of drug-likeness (QED) is 0.282. The molecule has 0 bridgehead atoms. The second-order valence-corrected chi connectivity index (χ2v) is 5.84. The molecule has 1 rings (SSSR count). The average Bonchev–Trinajstić information content (AvgIpc) is 2.66. The van der Waals surface area contributed by atoms with Gasteiger partial charge in [0.05, 0.1) is 7.11 Å². The number of hydrogen-bond donors (Lipinski definition) is 0. The minimum atomic E-state index is -6.47. The summed E-state index contributed by atoms with van der Waals surface area (Å²) in [5, 5.41) is 0. The van der Waals surface area contributed by atoms with Crippen LogP contribution in [0.1, 0.15) is 19.3 Å². The fourth-order valence-electron chi connectivity index (χ4n) is 1.97. The van der Waals surface area contributed by atoms with Crippen LogP contribution in [0.3, 0.4) is 0 Å². The molecule has 0 aliphatic carbocycles. The molecular weight excluding hydrogens is 436 g/mol. The number of benzene rings is 1. The van der Waals surface area contributed by atoms with Gasteiger partial charge < -0.3 is 14.2 Å². The highest BCUT2D eigenvalue weighted by atomic mass is 19.4. The number of alkyl halides is 8. The number of halogens is 8. The first-order valence-corrected chi connectivity index (χ1v) is 8.17. The van der Waals surface area contributed by atoms with E-state index < -0.39 is 55.6 Å². The highest BCUT2D eigenvalue weighted by Crippen LogP contribution is 2.48. The van der Waals surface area contributed by atoms with Gasteiger partial charge in [0.25, 0.3) is 0 Å². The standard InChI is InChI=1S/C17H16F8O5/c1-28-10-5-2-3-6-11(10)30-13(27)8-4-7-12(26)29-9-15(20,21)17(24,25)16(22,23)14(18)19/h2-3,5-6,14H,4,7-9H2,1H3. The first-order valence-electron chi connectivity index (χ1n) is 8.17. The number of carbonyl (C=O) groups excluding carboxylic acids is 2. The predicted octanol–water partition coefficient (Wildman–Crippen LogP) is 4.49. The van der Waals surface area contributed by atoms with E-state index in [9.17, 15) is 44.7 Å². The Hall–Kier alpha value is -2.60. The molecule has 0 aliphatic heterocycles. The number of esters is 2. The molecule has 0 saturated carbocycles. The van der Waals surface area contributed by atoms with E-state index in [0.717, 1.165) is 0 Å². The maximum absolute atomic E-state index is 13.3. The third kappa shape index (κ3) is 5.95. The zero-order valence-electron chi connectivity index (χ0n) is 15.3. The Bertz CT molecular complexity index is 739. The van der Waals surface area contributed by atoms with Crippen molar-refractivity contribution in [2.24, 2.45) is 0 Å². The third-order valence-electron chi connectivity index (χ3n) is 3.62. The highest BCUT2D eigenvalue weighted by molar-refractivity contribution is 5.74. The van der Waals surface area contributed by atoms with E-state index in [1.165, 1.54) is 25.3 Å². The number of hydrogen-bond acceptors (Lipinski definition) is 5. The van der Waals surface area contributed by atoms with Gasteiger partial charge in [-0.3, -0.25) is 9.59 Å². The largest absolute Gasteiger partial charge is 0.493 e. The van der Waals surface area contributed by atoms with Crippen LogP contribution in [-0.2, 0) is 14.3 Å². The number of ether oxygens (including phenoxy) is 3. The molecule has 0 amide bonds. The molecule has 0 heterocycles. The Morgan fingerprint density at radius 3 is 2.00 bits per heavy atom. The van der Waals surface area contributed by atoms with Crippen molar-refractivity contribution in [2.45, 2.75) is 43.5 Å². The summed E-state index contributed by atoms with van der Waals surface area (Å²) in [5.74, 6) is -20.6.